The van der Waals surface area contributed by atoms with Crippen LogP contribution in [0.25, 0.3) is 5.69 Å². The molecule has 27 heavy (non-hydrogen) atoms. The van der Waals surface area contributed by atoms with Crippen LogP contribution in [-0.2, 0) is 10.0 Å². The van der Waals surface area contributed by atoms with Crippen molar-refractivity contribution >= 4 is 27.3 Å². The van der Waals surface area contributed by atoms with Crippen LogP contribution in [0.1, 0.15) is 6.92 Å². The van der Waals surface area contributed by atoms with Crippen molar-refractivity contribution in [2.75, 3.05) is 30.7 Å². The van der Waals surface area contributed by atoms with E-state index in [4.69, 9.17) is 11.6 Å². The van der Waals surface area contributed by atoms with E-state index in [0.717, 1.165) is 16.8 Å². The Morgan fingerprint density at radius 3 is 2.67 bits per heavy atom. The van der Waals surface area contributed by atoms with Gasteiger partial charge in [0.25, 0.3) is 5.56 Å². The lowest BCUT2D eigenvalue weighted by atomic mass is 10.0. The van der Waals surface area contributed by atoms with Gasteiger partial charge in [-0.2, -0.15) is 9.78 Å². The van der Waals surface area contributed by atoms with Gasteiger partial charge in [0.05, 0.1) is 17.6 Å². The van der Waals surface area contributed by atoms with Crippen LogP contribution in [0.3, 0.4) is 0 Å². The summed E-state index contributed by atoms with van der Waals surface area (Å²) in [5.74, 6) is -1.57. The lowest BCUT2D eigenvalue weighted by Gasteiger charge is -2.38. The number of hydrogen-bond acceptors (Lipinski definition) is 5. The molecular formula is C16H17ClF2N4O3S. The summed E-state index contributed by atoms with van der Waals surface area (Å²) in [7, 11) is -3.18. The van der Waals surface area contributed by atoms with E-state index in [1.165, 1.54) is 10.5 Å². The van der Waals surface area contributed by atoms with Gasteiger partial charge in [-0.3, -0.25) is 4.79 Å². The summed E-state index contributed by atoms with van der Waals surface area (Å²) in [6.45, 7) is 2.79. The molecule has 7 nitrogen and oxygen atoms in total. The van der Waals surface area contributed by atoms with Gasteiger partial charge in [0.15, 0.2) is 5.82 Å². The fraction of sp³-hybridized carbons (Fsp3) is 0.375. The molecule has 0 radical (unpaired) electrons. The molecule has 0 amide bonds. The van der Waals surface area contributed by atoms with Crippen LogP contribution < -0.4 is 10.9 Å². The van der Waals surface area contributed by atoms with Crippen LogP contribution in [0.5, 0.6) is 0 Å². The number of halogens is 3. The van der Waals surface area contributed by atoms with Crippen molar-refractivity contribution in [1.82, 2.24) is 14.1 Å². The Morgan fingerprint density at radius 2 is 2.04 bits per heavy atom. The fourth-order valence-electron chi connectivity index (χ4n) is 2.70. The summed E-state index contributed by atoms with van der Waals surface area (Å²) < 4.78 is 52.4. The molecule has 1 N–H and O–H groups in total. The number of aromatic nitrogens is 2. The summed E-state index contributed by atoms with van der Waals surface area (Å²) in [5.41, 5.74) is -0.706. The van der Waals surface area contributed by atoms with Gasteiger partial charge in [0.2, 0.25) is 10.0 Å². The third-order valence-electron chi connectivity index (χ3n) is 4.32. The molecule has 0 aliphatic carbocycles. The Morgan fingerprint density at radius 1 is 1.33 bits per heavy atom. The lowest BCUT2D eigenvalue weighted by molar-refractivity contribution is 0.212. The highest BCUT2D eigenvalue weighted by Gasteiger charge is 2.34. The van der Waals surface area contributed by atoms with Crippen LogP contribution >= 0.6 is 11.6 Å². The Labute approximate surface area is 159 Å². The van der Waals surface area contributed by atoms with Gasteiger partial charge in [-0.1, -0.05) is 11.6 Å². The SMILES string of the molecule is CCS(=O)(=O)N1CC(CNc2cnn(-c3ccc(F)cc3F)c(=O)c2Cl)C1. The normalized spacial score (nSPS) is 15.6. The van der Waals surface area contributed by atoms with Crippen molar-refractivity contribution in [3.8, 4) is 5.69 Å². The molecule has 3 rings (SSSR count). The summed E-state index contributed by atoms with van der Waals surface area (Å²) in [6.07, 6.45) is 1.27. The maximum atomic E-state index is 13.9. The first-order valence-electron chi connectivity index (χ1n) is 8.18. The van der Waals surface area contributed by atoms with Crippen molar-refractivity contribution < 1.29 is 17.2 Å². The maximum absolute atomic E-state index is 13.9. The zero-order valence-electron chi connectivity index (χ0n) is 14.3. The number of hydrogen-bond donors (Lipinski definition) is 1. The van der Waals surface area contributed by atoms with Crippen LogP contribution in [-0.4, -0.2) is 47.9 Å². The van der Waals surface area contributed by atoms with Crippen molar-refractivity contribution in [1.29, 1.82) is 0 Å². The van der Waals surface area contributed by atoms with Crippen molar-refractivity contribution in [2.45, 2.75) is 6.92 Å². The van der Waals surface area contributed by atoms with Gasteiger partial charge >= 0.3 is 0 Å². The monoisotopic (exact) mass is 418 g/mol. The van der Waals surface area contributed by atoms with E-state index in [1.54, 1.807) is 6.92 Å². The predicted molar refractivity (Wildman–Crippen MR) is 97.8 cm³/mol. The molecule has 0 saturated carbocycles. The topological polar surface area (TPSA) is 84.3 Å². The summed E-state index contributed by atoms with van der Waals surface area (Å²) >= 11 is 6.06. The minimum atomic E-state index is -3.18. The number of anilines is 1. The largest absolute Gasteiger partial charge is 0.382 e. The maximum Gasteiger partial charge on any atom is 0.292 e. The zero-order chi connectivity index (χ0) is 19.8. The van der Waals surface area contributed by atoms with Crippen LogP contribution in [0.2, 0.25) is 5.02 Å². The van der Waals surface area contributed by atoms with Gasteiger partial charge in [-0.15, -0.1) is 0 Å². The number of sulfonamides is 1. The standard InChI is InChI=1S/C16H17ClF2N4O3S/c1-2-27(25,26)22-8-10(9-22)6-20-13-7-21-23(16(24)15(13)17)14-4-3-11(18)5-12(14)19/h3-5,7,10,20H,2,6,8-9H2,1H3. The van der Waals surface area contributed by atoms with Crippen molar-refractivity contribution in [3.63, 3.8) is 0 Å². The molecule has 1 aliphatic rings. The molecule has 1 fully saturated rings. The van der Waals surface area contributed by atoms with Gasteiger partial charge in [0, 0.05) is 31.6 Å². The molecule has 1 saturated heterocycles. The molecule has 0 spiro atoms. The Hall–Kier alpha value is -2.04. The van der Waals surface area contributed by atoms with E-state index in [2.05, 4.69) is 10.4 Å². The minimum absolute atomic E-state index is 0.0566. The van der Waals surface area contributed by atoms with Gasteiger partial charge in [0.1, 0.15) is 16.5 Å². The quantitative estimate of drug-likeness (QED) is 0.774. The molecule has 146 valence electrons. The van der Waals surface area contributed by atoms with E-state index < -0.39 is 27.2 Å². The van der Waals surface area contributed by atoms with E-state index in [-0.39, 0.29) is 28.1 Å². The van der Waals surface area contributed by atoms with Crippen LogP contribution in [0.15, 0.2) is 29.2 Å². The highest BCUT2D eigenvalue weighted by molar-refractivity contribution is 7.89. The molecule has 1 aliphatic heterocycles. The van der Waals surface area contributed by atoms with Gasteiger partial charge in [-0.25, -0.2) is 21.5 Å². The second kappa shape index (κ2) is 7.53. The average molecular weight is 419 g/mol. The second-order valence-electron chi connectivity index (χ2n) is 6.15. The molecular weight excluding hydrogens is 402 g/mol. The summed E-state index contributed by atoms with van der Waals surface area (Å²) in [4.78, 5) is 12.4. The lowest BCUT2D eigenvalue weighted by Crippen LogP contribution is -2.52. The first kappa shape index (κ1) is 19.7. The Kier molecular flexibility index (Phi) is 5.50. The highest BCUT2D eigenvalue weighted by atomic mass is 35.5. The molecule has 0 atom stereocenters. The molecule has 2 aromatic rings. The third-order valence-corrected chi connectivity index (χ3v) is 6.50. The predicted octanol–water partition coefficient (Wildman–Crippen LogP) is 1.86. The molecule has 2 heterocycles. The first-order chi connectivity index (χ1) is 12.7. The van der Waals surface area contributed by atoms with Crippen molar-refractivity contribution in [3.05, 3.63) is 51.4 Å². The van der Waals surface area contributed by atoms with Crippen LogP contribution in [0, 0.1) is 17.6 Å². The van der Waals surface area contributed by atoms with E-state index >= 15 is 0 Å². The number of nitrogens with one attached hydrogen (secondary N) is 1. The molecule has 0 unspecified atom stereocenters. The number of nitrogens with zero attached hydrogens (tertiary/aromatic N) is 3. The number of rotatable bonds is 6. The Balaban J connectivity index is 1.70. The van der Waals surface area contributed by atoms with Gasteiger partial charge < -0.3 is 5.32 Å². The summed E-state index contributed by atoms with van der Waals surface area (Å²) in [6, 6.07) is 2.76. The number of benzene rings is 1. The second-order valence-corrected chi connectivity index (χ2v) is 8.78. The van der Waals surface area contributed by atoms with Gasteiger partial charge in [-0.05, 0) is 19.1 Å². The Bertz CT molecular complexity index is 1020. The first-order valence-corrected chi connectivity index (χ1v) is 10.2. The highest BCUT2D eigenvalue weighted by Crippen LogP contribution is 2.23. The summed E-state index contributed by atoms with van der Waals surface area (Å²) in [5, 5.41) is 6.65. The van der Waals surface area contributed by atoms with E-state index in [9.17, 15) is 22.0 Å². The smallest absolute Gasteiger partial charge is 0.292 e. The minimum Gasteiger partial charge on any atom is -0.382 e. The van der Waals surface area contributed by atoms with E-state index in [0.29, 0.717) is 25.7 Å². The average Bonchev–Trinajstić information content (AvgIpc) is 2.58. The molecule has 0 bridgehead atoms. The van der Waals surface area contributed by atoms with Crippen molar-refractivity contribution in [2.24, 2.45) is 5.92 Å². The fourth-order valence-corrected chi connectivity index (χ4v) is 4.13. The molecule has 11 heteroatoms. The van der Waals surface area contributed by atoms with E-state index in [1.807, 2.05) is 0 Å². The third kappa shape index (κ3) is 3.97. The molecule has 1 aromatic carbocycles. The zero-order valence-corrected chi connectivity index (χ0v) is 15.9. The van der Waals surface area contributed by atoms with Crippen LogP contribution in [0.4, 0.5) is 14.5 Å². The molecule has 1 aromatic heterocycles.